The van der Waals surface area contributed by atoms with E-state index in [0.717, 1.165) is 27.3 Å². The van der Waals surface area contributed by atoms with Crippen LogP contribution in [0.25, 0.3) is 10.2 Å². The van der Waals surface area contributed by atoms with Crippen molar-refractivity contribution < 1.29 is 4.79 Å². The zero-order valence-electron chi connectivity index (χ0n) is 12.7. The van der Waals surface area contributed by atoms with Crippen LogP contribution in [0.2, 0.25) is 0 Å². The number of benzene rings is 2. The second-order valence-electron chi connectivity index (χ2n) is 5.50. The van der Waals surface area contributed by atoms with Crippen molar-refractivity contribution in [3.05, 3.63) is 58.6 Å². The summed E-state index contributed by atoms with van der Waals surface area (Å²) in [6.07, 6.45) is 1.13. The molecule has 1 aromatic heterocycles. The van der Waals surface area contributed by atoms with E-state index in [1.807, 2.05) is 44.2 Å². The first-order chi connectivity index (χ1) is 10.6. The smallest absolute Gasteiger partial charge is 0.224 e. The zero-order valence-corrected chi connectivity index (χ0v) is 13.5. The van der Waals surface area contributed by atoms with Crippen LogP contribution >= 0.6 is 11.3 Å². The number of nitrogens with one attached hydrogen (secondary N) is 1. The van der Waals surface area contributed by atoms with Gasteiger partial charge >= 0.3 is 0 Å². The summed E-state index contributed by atoms with van der Waals surface area (Å²) in [5.74, 6) is 0.0317. The molecule has 0 aliphatic rings. The lowest BCUT2D eigenvalue weighted by Gasteiger charge is -2.07. The summed E-state index contributed by atoms with van der Waals surface area (Å²) >= 11 is 1.66. The number of anilines is 1. The van der Waals surface area contributed by atoms with Crippen LogP contribution in [0, 0.1) is 13.8 Å². The average Bonchev–Trinajstić information content (AvgIpc) is 2.87. The number of para-hydroxylation sites is 1. The van der Waals surface area contributed by atoms with E-state index < -0.39 is 0 Å². The van der Waals surface area contributed by atoms with Gasteiger partial charge in [-0.3, -0.25) is 4.79 Å². The van der Waals surface area contributed by atoms with E-state index in [-0.39, 0.29) is 5.91 Å². The summed E-state index contributed by atoms with van der Waals surface area (Å²) in [5.41, 5.74) is 4.19. The minimum atomic E-state index is 0.0317. The molecular formula is C18H18N2OS. The summed E-state index contributed by atoms with van der Waals surface area (Å²) in [7, 11) is 0. The van der Waals surface area contributed by atoms with E-state index in [9.17, 15) is 4.79 Å². The van der Waals surface area contributed by atoms with Gasteiger partial charge in [0.1, 0.15) is 0 Å². The Balaban J connectivity index is 1.62. The van der Waals surface area contributed by atoms with E-state index in [4.69, 9.17) is 0 Å². The molecule has 0 fully saturated rings. The van der Waals surface area contributed by atoms with Gasteiger partial charge in [0.15, 0.2) is 0 Å². The molecular weight excluding hydrogens is 292 g/mol. The van der Waals surface area contributed by atoms with Gasteiger partial charge in [-0.15, -0.1) is 11.3 Å². The van der Waals surface area contributed by atoms with Crippen LogP contribution in [-0.4, -0.2) is 10.9 Å². The SMILES string of the molecule is Cc1cc(C)cc(NC(=O)CCc2nc3ccccc3s2)c1. The van der Waals surface area contributed by atoms with Gasteiger partial charge < -0.3 is 5.32 Å². The molecule has 0 radical (unpaired) electrons. The fraction of sp³-hybridized carbons (Fsp3) is 0.222. The van der Waals surface area contributed by atoms with Gasteiger partial charge in [-0.05, 0) is 49.2 Å². The van der Waals surface area contributed by atoms with Crippen LogP contribution in [-0.2, 0) is 11.2 Å². The van der Waals surface area contributed by atoms with Crippen molar-refractivity contribution in [2.75, 3.05) is 5.32 Å². The first-order valence-electron chi connectivity index (χ1n) is 7.33. The van der Waals surface area contributed by atoms with Gasteiger partial charge in [0.05, 0.1) is 15.2 Å². The molecule has 2 aromatic carbocycles. The highest BCUT2D eigenvalue weighted by molar-refractivity contribution is 7.18. The van der Waals surface area contributed by atoms with E-state index in [1.54, 1.807) is 11.3 Å². The van der Waals surface area contributed by atoms with Gasteiger partial charge in [0, 0.05) is 18.5 Å². The van der Waals surface area contributed by atoms with Crippen LogP contribution in [0.1, 0.15) is 22.6 Å². The fourth-order valence-corrected chi connectivity index (χ4v) is 3.48. The van der Waals surface area contributed by atoms with Crippen LogP contribution < -0.4 is 5.32 Å². The largest absolute Gasteiger partial charge is 0.326 e. The monoisotopic (exact) mass is 310 g/mol. The lowest BCUT2D eigenvalue weighted by molar-refractivity contribution is -0.116. The van der Waals surface area contributed by atoms with Crippen LogP contribution in [0.4, 0.5) is 5.69 Å². The summed E-state index contributed by atoms with van der Waals surface area (Å²) in [6, 6.07) is 14.1. The van der Waals surface area contributed by atoms with E-state index in [1.165, 1.54) is 4.70 Å². The summed E-state index contributed by atoms with van der Waals surface area (Å²) in [6.45, 7) is 4.06. The van der Waals surface area contributed by atoms with Crippen LogP contribution in [0.5, 0.6) is 0 Å². The lowest BCUT2D eigenvalue weighted by atomic mass is 10.1. The lowest BCUT2D eigenvalue weighted by Crippen LogP contribution is -2.12. The van der Waals surface area contributed by atoms with Gasteiger partial charge in [-0.1, -0.05) is 18.2 Å². The number of carbonyl (C=O) groups excluding carboxylic acids is 1. The number of fused-ring (bicyclic) bond motifs is 1. The maximum absolute atomic E-state index is 12.1. The van der Waals surface area contributed by atoms with Crippen molar-refractivity contribution >= 4 is 33.1 Å². The maximum Gasteiger partial charge on any atom is 0.224 e. The maximum atomic E-state index is 12.1. The average molecular weight is 310 g/mol. The Kier molecular flexibility index (Phi) is 4.20. The number of thiazole rings is 1. The molecule has 112 valence electrons. The molecule has 0 saturated carbocycles. The Labute approximate surface area is 134 Å². The molecule has 0 aliphatic carbocycles. The Morgan fingerprint density at radius 2 is 1.86 bits per heavy atom. The molecule has 1 N–H and O–H groups in total. The molecule has 0 bridgehead atoms. The quantitative estimate of drug-likeness (QED) is 0.771. The van der Waals surface area contributed by atoms with Gasteiger partial charge in [-0.2, -0.15) is 0 Å². The van der Waals surface area contributed by atoms with Crippen molar-refractivity contribution in [3.63, 3.8) is 0 Å². The number of carbonyl (C=O) groups is 1. The van der Waals surface area contributed by atoms with Crippen molar-refractivity contribution in [3.8, 4) is 0 Å². The molecule has 0 spiro atoms. The molecule has 0 saturated heterocycles. The molecule has 1 heterocycles. The third-order valence-electron chi connectivity index (χ3n) is 3.41. The van der Waals surface area contributed by atoms with Gasteiger partial charge in [0.25, 0.3) is 0 Å². The number of hydrogen-bond acceptors (Lipinski definition) is 3. The van der Waals surface area contributed by atoms with E-state index >= 15 is 0 Å². The number of rotatable bonds is 4. The predicted molar refractivity (Wildman–Crippen MR) is 92.5 cm³/mol. The third kappa shape index (κ3) is 3.52. The van der Waals surface area contributed by atoms with Gasteiger partial charge in [-0.25, -0.2) is 4.98 Å². The number of aryl methyl sites for hydroxylation is 3. The Morgan fingerprint density at radius 1 is 1.14 bits per heavy atom. The first kappa shape index (κ1) is 14.7. The second-order valence-corrected chi connectivity index (χ2v) is 6.62. The van der Waals surface area contributed by atoms with E-state index in [2.05, 4.69) is 22.4 Å². The first-order valence-corrected chi connectivity index (χ1v) is 8.14. The minimum absolute atomic E-state index is 0.0317. The molecule has 22 heavy (non-hydrogen) atoms. The Hall–Kier alpha value is -2.20. The minimum Gasteiger partial charge on any atom is -0.326 e. The summed E-state index contributed by atoms with van der Waals surface area (Å²) < 4.78 is 1.17. The molecule has 1 amide bonds. The predicted octanol–water partition coefficient (Wildman–Crippen LogP) is 4.48. The number of aromatic nitrogens is 1. The third-order valence-corrected chi connectivity index (χ3v) is 4.51. The van der Waals surface area contributed by atoms with Crippen molar-refractivity contribution in [2.24, 2.45) is 0 Å². The Morgan fingerprint density at radius 3 is 2.59 bits per heavy atom. The molecule has 3 rings (SSSR count). The topological polar surface area (TPSA) is 42.0 Å². The van der Waals surface area contributed by atoms with Gasteiger partial charge in [0.2, 0.25) is 5.91 Å². The zero-order chi connectivity index (χ0) is 15.5. The summed E-state index contributed by atoms with van der Waals surface area (Å²) in [5, 5.41) is 3.98. The number of hydrogen-bond donors (Lipinski definition) is 1. The fourth-order valence-electron chi connectivity index (χ4n) is 2.52. The normalized spacial score (nSPS) is 10.8. The van der Waals surface area contributed by atoms with Crippen LogP contribution in [0.3, 0.4) is 0 Å². The van der Waals surface area contributed by atoms with Crippen molar-refractivity contribution in [2.45, 2.75) is 26.7 Å². The van der Waals surface area contributed by atoms with Crippen molar-refractivity contribution in [1.29, 1.82) is 0 Å². The molecule has 0 atom stereocenters. The highest BCUT2D eigenvalue weighted by Crippen LogP contribution is 2.22. The highest BCUT2D eigenvalue weighted by atomic mass is 32.1. The number of amides is 1. The summed E-state index contributed by atoms with van der Waals surface area (Å²) in [4.78, 5) is 16.6. The highest BCUT2D eigenvalue weighted by Gasteiger charge is 2.07. The van der Waals surface area contributed by atoms with E-state index in [0.29, 0.717) is 12.8 Å². The molecule has 3 nitrogen and oxygen atoms in total. The van der Waals surface area contributed by atoms with Crippen molar-refractivity contribution in [1.82, 2.24) is 4.98 Å². The second kappa shape index (κ2) is 6.28. The molecule has 0 unspecified atom stereocenters. The van der Waals surface area contributed by atoms with Crippen LogP contribution in [0.15, 0.2) is 42.5 Å². The molecule has 3 aromatic rings. The molecule has 0 aliphatic heterocycles. The number of nitrogens with zero attached hydrogens (tertiary/aromatic N) is 1. The standard InChI is InChI=1S/C18H18N2OS/c1-12-9-13(2)11-14(10-12)19-17(21)7-8-18-20-15-5-3-4-6-16(15)22-18/h3-6,9-11H,7-8H2,1-2H3,(H,19,21). The molecule has 4 heteroatoms. The Bertz CT molecular complexity index is 770.